The van der Waals surface area contributed by atoms with Crippen LogP contribution >= 0.6 is 0 Å². The molecule has 0 saturated heterocycles. The van der Waals surface area contributed by atoms with E-state index in [1.54, 1.807) is 24.7 Å². The molecule has 1 aromatic carbocycles. The van der Waals surface area contributed by atoms with Crippen molar-refractivity contribution >= 4 is 11.5 Å². The van der Waals surface area contributed by atoms with E-state index in [-0.39, 0.29) is 0 Å². The number of anilines is 1. The molecule has 1 atom stereocenters. The van der Waals surface area contributed by atoms with Crippen molar-refractivity contribution in [1.29, 1.82) is 0 Å². The summed E-state index contributed by atoms with van der Waals surface area (Å²) in [4.78, 5) is 4.60. The zero-order chi connectivity index (χ0) is 18.0. The number of hydrogen-bond acceptors (Lipinski definition) is 5. The van der Waals surface area contributed by atoms with E-state index in [0.717, 1.165) is 28.5 Å². The molecule has 132 valence electrons. The molecule has 2 heterocycles. The number of rotatable bonds is 6. The topological polar surface area (TPSA) is 71.7 Å². The Kier molecular flexibility index (Phi) is 4.63. The number of fused-ring (bicyclic) bond motifs is 1. The number of hydrogen-bond donors (Lipinski definition) is 2. The molecule has 2 N–H and O–H groups in total. The van der Waals surface area contributed by atoms with Gasteiger partial charge in [-0.3, -0.25) is 0 Å². The Bertz CT molecular complexity index is 853. The Morgan fingerprint density at radius 2 is 1.96 bits per heavy atom. The first-order valence-electron chi connectivity index (χ1n) is 8.36. The highest BCUT2D eigenvalue weighted by atomic mass is 16.5. The van der Waals surface area contributed by atoms with Crippen LogP contribution in [0.5, 0.6) is 5.75 Å². The molecule has 0 aliphatic rings. The molecule has 3 aromatic rings. The first kappa shape index (κ1) is 17.2. The Hall–Kier alpha value is -2.60. The van der Waals surface area contributed by atoms with Gasteiger partial charge in [-0.05, 0) is 30.5 Å². The number of nitrogens with one attached hydrogen (secondary N) is 1. The van der Waals surface area contributed by atoms with Crippen molar-refractivity contribution in [3.05, 3.63) is 53.9 Å². The van der Waals surface area contributed by atoms with E-state index in [0.29, 0.717) is 12.5 Å². The second-order valence-electron chi connectivity index (χ2n) is 6.68. The van der Waals surface area contributed by atoms with Gasteiger partial charge in [0.25, 0.3) is 0 Å². The minimum atomic E-state index is -1.03. The molecule has 0 bridgehead atoms. The van der Waals surface area contributed by atoms with E-state index in [4.69, 9.17) is 4.74 Å². The molecule has 0 radical (unpaired) electrons. The molecular formula is C19H24N4O2. The van der Waals surface area contributed by atoms with Crippen LogP contribution < -0.4 is 10.1 Å². The van der Waals surface area contributed by atoms with E-state index >= 15 is 0 Å². The SMILES string of the molecule is COc1ccc([C@](C)(O)CNc2cc(C(C)C)nc3ccnn23)cc1. The van der Waals surface area contributed by atoms with Crippen LogP contribution in [0.4, 0.5) is 5.82 Å². The van der Waals surface area contributed by atoms with Crippen molar-refractivity contribution in [3.63, 3.8) is 0 Å². The van der Waals surface area contributed by atoms with Gasteiger partial charge in [0.15, 0.2) is 5.65 Å². The molecule has 0 unspecified atom stereocenters. The van der Waals surface area contributed by atoms with Crippen LogP contribution in [0.15, 0.2) is 42.6 Å². The Balaban J connectivity index is 1.84. The zero-order valence-corrected chi connectivity index (χ0v) is 15.0. The summed E-state index contributed by atoms with van der Waals surface area (Å²) in [6, 6.07) is 11.3. The van der Waals surface area contributed by atoms with Gasteiger partial charge in [0.1, 0.15) is 17.2 Å². The third-order valence-electron chi connectivity index (χ3n) is 4.30. The van der Waals surface area contributed by atoms with Crippen LogP contribution in [0.25, 0.3) is 5.65 Å². The third-order valence-corrected chi connectivity index (χ3v) is 4.30. The number of aromatic nitrogens is 3. The highest BCUT2D eigenvalue weighted by molar-refractivity contribution is 5.50. The van der Waals surface area contributed by atoms with Crippen LogP contribution in [0, 0.1) is 0 Å². The molecule has 0 aliphatic carbocycles. The van der Waals surface area contributed by atoms with Gasteiger partial charge in [0.05, 0.1) is 13.3 Å². The van der Waals surface area contributed by atoms with Gasteiger partial charge in [-0.15, -0.1) is 0 Å². The highest BCUT2D eigenvalue weighted by Gasteiger charge is 2.23. The summed E-state index contributed by atoms with van der Waals surface area (Å²) in [6.07, 6.45) is 1.72. The molecule has 0 saturated carbocycles. The summed E-state index contributed by atoms with van der Waals surface area (Å²) in [7, 11) is 1.62. The van der Waals surface area contributed by atoms with E-state index < -0.39 is 5.60 Å². The molecule has 6 heteroatoms. The molecular weight excluding hydrogens is 316 g/mol. The van der Waals surface area contributed by atoms with Crippen molar-refractivity contribution in [1.82, 2.24) is 14.6 Å². The predicted octanol–water partition coefficient (Wildman–Crippen LogP) is 3.18. The Labute approximate surface area is 147 Å². The number of methoxy groups -OCH3 is 1. The standard InChI is InChI=1S/C19H24N4O2/c1-13(2)16-11-18(23-17(22-16)9-10-21-23)20-12-19(3,24)14-5-7-15(25-4)8-6-14/h5-11,13,20,24H,12H2,1-4H3/t19-/m1/s1. The lowest BCUT2D eigenvalue weighted by molar-refractivity contribution is 0.0713. The smallest absolute Gasteiger partial charge is 0.157 e. The van der Waals surface area contributed by atoms with Gasteiger partial charge in [-0.2, -0.15) is 9.61 Å². The first-order chi connectivity index (χ1) is 11.9. The van der Waals surface area contributed by atoms with Gasteiger partial charge in [-0.25, -0.2) is 4.98 Å². The van der Waals surface area contributed by atoms with Crippen molar-refractivity contribution in [2.45, 2.75) is 32.3 Å². The summed E-state index contributed by atoms with van der Waals surface area (Å²) in [5.41, 5.74) is 1.56. The lowest BCUT2D eigenvalue weighted by Crippen LogP contribution is -2.31. The fraction of sp³-hybridized carbons (Fsp3) is 0.368. The summed E-state index contributed by atoms with van der Waals surface area (Å²) in [5, 5.41) is 18.5. The van der Waals surface area contributed by atoms with Gasteiger partial charge < -0.3 is 15.2 Å². The third kappa shape index (κ3) is 3.58. The van der Waals surface area contributed by atoms with E-state index in [1.807, 2.05) is 36.4 Å². The second kappa shape index (κ2) is 6.72. The van der Waals surface area contributed by atoms with Crippen molar-refractivity contribution in [2.24, 2.45) is 0 Å². The molecule has 0 spiro atoms. The monoisotopic (exact) mass is 340 g/mol. The van der Waals surface area contributed by atoms with E-state index in [2.05, 4.69) is 29.2 Å². The Morgan fingerprint density at radius 1 is 1.24 bits per heavy atom. The van der Waals surface area contributed by atoms with Crippen LogP contribution in [-0.2, 0) is 5.60 Å². The molecule has 25 heavy (non-hydrogen) atoms. The average molecular weight is 340 g/mol. The first-order valence-corrected chi connectivity index (χ1v) is 8.36. The maximum absolute atomic E-state index is 10.9. The fourth-order valence-corrected chi connectivity index (χ4v) is 2.67. The average Bonchev–Trinajstić information content (AvgIpc) is 3.08. The molecule has 6 nitrogen and oxygen atoms in total. The zero-order valence-electron chi connectivity index (χ0n) is 15.0. The minimum Gasteiger partial charge on any atom is -0.497 e. The van der Waals surface area contributed by atoms with Gasteiger partial charge >= 0.3 is 0 Å². The van der Waals surface area contributed by atoms with Gasteiger partial charge in [-0.1, -0.05) is 26.0 Å². The van der Waals surface area contributed by atoms with Crippen LogP contribution in [-0.4, -0.2) is 33.4 Å². The number of aliphatic hydroxyl groups is 1. The van der Waals surface area contributed by atoms with Crippen molar-refractivity contribution in [2.75, 3.05) is 19.0 Å². The number of ether oxygens (including phenoxy) is 1. The summed E-state index contributed by atoms with van der Waals surface area (Å²) in [5.74, 6) is 1.89. The number of nitrogens with zero attached hydrogens (tertiary/aromatic N) is 3. The fourth-order valence-electron chi connectivity index (χ4n) is 2.67. The van der Waals surface area contributed by atoms with E-state index in [1.165, 1.54) is 0 Å². The minimum absolute atomic E-state index is 0.308. The largest absolute Gasteiger partial charge is 0.497 e. The summed E-state index contributed by atoms with van der Waals surface area (Å²) >= 11 is 0. The lowest BCUT2D eigenvalue weighted by atomic mass is 9.96. The molecule has 0 fully saturated rings. The maximum atomic E-state index is 10.9. The van der Waals surface area contributed by atoms with Crippen LogP contribution in [0.3, 0.4) is 0 Å². The van der Waals surface area contributed by atoms with Crippen molar-refractivity contribution < 1.29 is 9.84 Å². The molecule has 2 aromatic heterocycles. The second-order valence-corrected chi connectivity index (χ2v) is 6.68. The molecule has 0 amide bonds. The van der Waals surface area contributed by atoms with Crippen molar-refractivity contribution in [3.8, 4) is 5.75 Å². The van der Waals surface area contributed by atoms with E-state index in [9.17, 15) is 5.11 Å². The Morgan fingerprint density at radius 3 is 2.60 bits per heavy atom. The van der Waals surface area contributed by atoms with Crippen LogP contribution in [0.1, 0.15) is 37.9 Å². The van der Waals surface area contributed by atoms with Gasteiger partial charge in [0, 0.05) is 24.4 Å². The van der Waals surface area contributed by atoms with Crippen LogP contribution in [0.2, 0.25) is 0 Å². The quantitative estimate of drug-likeness (QED) is 0.721. The highest BCUT2D eigenvalue weighted by Crippen LogP contribution is 2.25. The molecule has 3 rings (SSSR count). The molecule has 0 aliphatic heterocycles. The predicted molar refractivity (Wildman–Crippen MR) is 98.1 cm³/mol. The van der Waals surface area contributed by atoms with Gasteiger partial charge in [0.2, 0.25) is 0 Å². The normalized spacial score (nSPS) is 13.8. The maximum Gasteiger partial charge on any atom is 0.157 e. The summed E-state index contributed by atoms with van der Waals surface area (Å²) in [6.45, 7) is 6.33. The summed E-state index contributed by atoms with van der Waals surface area (Å²) < 4.78 is 6.92. The number of benzene rings is 1. The lowest BCUT2D eigenvalue weighted by Gasteiger charge is -2.25.